The lowest BCUT2D eigenvalue weighted by Crippen LogP contribution is -2.25. The minimum absolute atomic E-state index is 0.135. The van der Waals surface area contributed by atoms with E-state index in [9.17, 15) is 8.78 Å². The molecular formula is C23H37F2N. The van der Waals surface area contributed by atoms with Crippen molar-refractivity contribution >= 4 is 5.71 Å². The zero-order valence-electron chi connectivity index (χ0n) is 17.8. The number of hydrogen-bond donors (Lipinski definition) is 0. The minimum atomic E-state index is -2.34. The van der Waals surface area contributed by atoms with Crippen LogP contribution in [0.3, 0.4) is 0 Å². The average molecular weight is 366 g/mol. The summed E-state index contributed by atoms with van der Waals surface area (Å²) in [5, 5.41) is 0. The Hall–Kier alpha value is -1.25. The highest BCUT2D eigenvalue weighted by Gasteiger charge is 2.26. The summed E-state index contributed by atoms with van der Waals surface area (Å²) >= 11 is 0. The van der Waals surface area contributed by atoms with E-state index in [0.717, 1.165) is 37.0 Å². The average Bonchev–Trinajstić information content (AvgIpc) is 2.55. The van der Waals surface area contributed by atoms with Crippen molar-refractivity contribution in [2.24, 2.45) is 16.3 Å². The topological polar surface area (TPSA) is 12.4 Å². The Morgan fingerprint density at radius 2 is 1.65 bits per heavy atom. The summed E-state index contributed by atoms with van der Waals surface area (Å²) in [6.45, 7) is 15.3. The molecule has 0 spiro atoms. The minimum Gasteiger partial charge on any atom is -0.262 e. The zero-order valence-corrected chi connectivity index (χ0v) is 17.8. The second-order valence-corrected chi connectivity index (χ2v) is 8.15. The van der Waals surface area contributed by atoms with Crippen molar-refractivity contribution in [3.8, 4) is 0 Å². The van der Waals surface area contributed by atoms with E-state index >= 15 is 0 Å². The van der Waals surface area contributed by atoms with Crippen LogP contribution in [0.15, 0.2) is 39.6 Å². The van der Waals surface area contributed by atoms with Crippen molar-refractivity contribution in [2.75, 3.05) is 0 Å². The van der Waals surface area contributed by atoms with E-state index < -0.39 is 6.43 Å². The summed E-state index contributed by atoms with van der Waals surface area (Å²) in [4.78, 5) is 5.02. The van der Waals surface area contributed by atoms with Crippen molar-refractivity contribution in [3.05, 3.63) is 34.6 Å². The van der Waals surface area contributed by atoms with Gasteiger partial charge in [-0.3, -0.25) is 4.99 Å². The molecule has 1 rings (SSSR count). The number of hydrogen-bond acceptors (Lipinski definition) is 1. The summed E-state index contributed by atoms with van der Waals surface area (Å²) in [5.74, 6) is 0.322. The molecule has 0 atom stereocenters. The molecule has 0 amide bonds. The highest BCUT2D eigenvalue weighted by atomic mass is 19.3. The van der Waals surface area contributed by atoms with Gasteiger partial charge in [-0.15, -0.1) is 0 Å². The fourth-order valence-electron chi connectivity index (χ4n) is 4.12. The lowest BCUT2D eigenvalue weighted by atomic mass is 9.77. The van der Waals surface area contributed by atoms with Crippen molar-refractivity contribution in [1.29, 1.82) is 0 Å². The largest absolute Gasteiger partial charge is 0.262 e. The van der Waals surface area contributed by atoms with Crippen LogP contribution in [0.4, 0.5) is 8.78 Å². The summed E-state index contributed by atoms with van der Waals surface area (Å²) in [6, 6.07) is 0. The molecule has 0 saturated heterocycles. The molecule has 1 aliphatic rings. The lowest BCUT2D eigenvalue weighted by Gasteiger charge is -2.30. The molecule has 148 valence electrons. The van der Waals surface area contributed by atoms with Gasteiger partial charge in [-0.2, -0.15) is 0 Å². The second-order valence-electron chi connectivity index (χ2n) is 8.15. The molecule has 0 aromatic heterocycles. The molecule has 0 fully saturated rings. The predicted octanol–water partition coefficient (Wildman–Crippen LogP) is 7.90. The van der Waals surface area contributed by atoms with E-state index in [1.165, 1.54) is 11.3 Å². The number of nitrogens with zero attached hydrogens (tertiary/aromatic N) is 1. The molecule has 1 aliphatic carbocycles. The first-order valence-electron chi connectivity index (χ1n) is 10.1. The number of aliphatic imine (C=N–C) groups is 1. The van der Waals surface area contributed by atoms with Gasteiger partial charge < -0.3 is 0 Å². The van der Waals surface area contributed by atoms with Crippen LogP contribution in [0.25, 0.3) is 0 Å². The van der Waals surface area contributed by atoms with E-state index in [2.05, 4.69) is 48.5 Å². The van der Waals surface area contributed by atoms with Crippen LogP contribution in [0.5, 0.6) is 0 Å². The van der Waals surface area contributed by atoms with E-state index in [-0.39, 0.29) is 11.0 Å². The van der Waals surface area contributed by atoms with Gasteiger partial charge in [0.05, 0.1) is 0 Å². The predicted molar refractivity (Wildman–Crippen MR) is 110 cm³/mol. The van der Waals surface area contributed by atoms with Crippen LogP contribution in [0.2, 0.25) is 0 Å². The van der Waals surface area contributed by atoms with Gasteiger partial charge in [0.1, 0.15) is 0 Å². The summed E-state index contributed by atoms with van der Waals surface area (Å²) in [6.07, 6.45) is 6.85. The van der Waals surface area contributed by atoms with Gasteiger partial charge in [0.2, 0.25) is 0 Å². The Morgan fingerprint density at radius 1 is 1.08 bits per heavy atom. The van der Waals surface area contributed by atoms with Crippen molar-refractivity contribution in [1.82, 2.24) is 0 Å². The van der Waals surface area contributed by atoms with Gasteiger partial charge in [-0.1, -0.05) is 59.6 Å². The second kappa shape index (κ2) is 10.2. The number of allylic oxidation sites excluding steroid dienone is 6. The zero-order chi connectivity index (χ0) is 19.9. The maximum Gasteiger partial charge on any atom is 0.260 e. The Kier molecular flexibility index (Phi) is 8.92. The first-order chi connectivity index (χ1) is 12.2. The van der Waals surface area contributed by atoms with Crippen LogP contribution in [0.1, 0.15) is 87.0 Å². The molecule has 1 nitrogen and oxygen atoms in total. The first kappa shape index (κ1) is 22.8. The number of alkyl halides is 2. The van der Waals surface area contributed by atoms with Gasteiger partial charge in [-0.05, 0) is 62.2 Å². The smallest absolute Gasteiger partial charge is 0.260 e. The van der Waals surface area contributed by atoms with Crippen LogP contribution in [0, 0.1) is 11.3 Å². The van der Waals surface area contributed by atoms with E-state index in [4.69, 9.17) is 4.99 Å². The Bertz CT molecular complexity index is 585. The summed E-state index contributed by atoms with van der Waals surface area (Å²) in [7, 11) is 0. The first-order valence-corrected chi connectivity index (χ1v) is 10.1. The molecular weight excluding hydrogens is 328 g/mol. The molecule has 0 heterocycles. The SMILES string of the molecule is CCCC(C)(CCC)C(C)=N/C(C)=C(/C1=CC=C(C(F)F)CC1)C(C)C. The quantitative estimate of drug-likeness (QED) is 0.368. The number of halogens is 2. The molecule has 0 aromatic rings. The van der Waals surface area contributed by atoms with E-state index in [1.54, 1.807) is 6.08 Å². The normalized spacial score (nSPS) is 17.4. The van der Waals surface area contributed by atoms with Gasteiger partial charge in [-0.25, -0.2) is 8.78 Å². The van der Waals surface area contributed by atoms with Gasteiger partial charge in [0.25, 0.3) is 6.43 Å². The highest BCUT2D eigenvalue weighted by Crippen LogP contribution is 2.35. The third-order valence-corrected chi connectivity index (χ3v) is 5.59. The molecule has 0 saturated carbocycles. The third kappa shape index (κ3) is 5.89. The monoisotopic (exact) mass is 365 g/mol. The van der Waals surface area contributed by atoms with Crippen LogP contribution >= 0.6 is 0 Å². The molecule has 0 bridgehead atoms. The third-order valence-electron chi connectivity index (χ3n) is 5.59. The van der Waals surface area contributed by atoms with Crippen molar-refractivity contribution in [3.63, 3.8) is 0 Å². The van der Waals surface area contributed by atoms with E-state index in [0.29, 0.717) is 18.8 Å². The van der Waals surface area contributed by atoms with Crippen LogP contribution in [-0.4, -0.2) is 12.1 Å². The van der Waals surface area contributed by atoms with Gasteiger partial charge >= 0.3 is 0 Å². The Morgan fingerprint density at radius 3 is 2.04 bits per heavy atom. The fraction of sp³-hybridized carbons (Fsp3) is 0.696. The molecule has 0 aromatic carbocycles. The molecule has 0 radical (unpaired) electrons. The molecule has 0 unspecified atom stereocenters. The fourth-order valence-corrected chi connectivity index (χ4v) is 4.12. The lowest BCUT2D eigenvalue weighted by molar-refractivity contribution is 0.184. The highest BCUT2D eigenvalue weighted by molar-refractivity contribution is 5.88. The van der Waals surface area contributed by atoms with E-state index in [1.807, 2.05) is 6.08 Å². The number of rotatable bonds is 9. The maximum atomic E-state index is 12.9. The summed E-state index contributed by atoms with van der Waals surface area (Å²) in [5.41, 5.74) is 4.98. The van der Waals surface area contributed by atoms with Crippen LogP contribution < -0.4 is 0 Å². The molecule has 3 heteroatoms. The molecule has 26 heavy (non-hydrogen) atoms. The molecule has 0 N–H and O–H groups in total. The molecule has 0 aliphatic heterocycles. The Labute approximate surface area is 159 Å². The van der Waals surface area contributed by atoms with Crippen molar-refractivity contribution < 1.29 is 8.78 Å². The van der Waals surface area contributed by atoms with Gasteiger partial charge in [0, 0.05) is 16.8 Å². The maximum absolute atomic E-state index is 12.9. The van der Waals surface area contributed by atoms with Crippen LogP contribution in [-0.2, 0) is 0 Å². The van der Waals surface area contributed by atoms with Crippen molar-refractivity contribution in [2.45, 2.75) is 93.4 Å². The Balaban J connectivity index is 3.27. The standard InChI is InChI=1S/C23H37F2N/c1-8-14-23(7,15-9-2)18(6)26-17(5)21(16(3)4)19-10-12-20(13-11-19)22(24)25/h10,12,16,22H,8-9,11,13-15H2,1-7H3/b21-17+,26-18?. The van der Waals surface area contributed by atoms with Gasteiger partial charge in [0.15, 0.2) is 0 Å². The summed E-state index contributed by atoms with van der Waals surface area (Å²) < 4.78 is 25.8.